The molecule has 0 radical (unpaired) electrons. The van der Waals surface area contributed by atoms with Crippen LogP contribution < -0.4 is 0 Å². The van der Waals surface area contributed by atoms with Crippen molar-refractivity contribution in [1.82, 2.24) is 9.80 Å². The summed E-state index contributed by atoms with van der Waals surface area (Å²) in [5, 5.41) is 9.05. The van der Waals surface area contributed by atoms with Gasteiger partial charge < -0.3 is 14.9 Å². The first-order valence-corrected chi connectivity index (χ1v) is 9.38. The summed E-state index contributed by atoms with van der Waals surface area (Å²) in [6.45, 7) is 2.04. The number of amides is 2. The van der Waals surface area contributed by atoms with E-state index in [0.29, 0.717) is 50.8 Å². The first-order chi connectivity index (χ1) is 12.8. The molecule has 1 aromatic carbocycles. The smallest absolute Gasteiger partial charge is 0.323 e. The van der Waals surface area contributed by atoms with E-state index < -0.39 is 11.4 Å². The Bertz CT molecular complexity index is 747. The van der Waals surface area contributed by atoms with Gasteiger partial charge in [0, 0.05) is 31.6 Å². The molecule has 1 heterocycles. The van der Waals surface area contributed by atoms with Gasteiger partial charge in [-0.15, -0.1) is 0 Å². The second-order valence-electron chi connectivity index (χ2n) is 7.48. The predicted molar refractivity (Wildman–Crippen MR) is 96.6 cm³/mol. The number of likely N-dealkylation sites (tertiary alicyclic amines) is 1. The molecule has 1 aromatic rings. The third-order valence-corrected chi connectivity index (χ3v) is 5.68. The Morgan fingerprint density at radius 1 is 1.22 bits per heavy atom. The Labute approximate surface area is 157 Å². The quantitative estimate of drug-likeness (QED) is 0.854. The van der Waals surface area contributed by atoms with Gasteiger partial charge in [0.1, 0.15) is 12.4 Å². The fourth-order valence-corrected chi connectivity index (χ4v) is 4.11. The molecule has 2 aliphatic rings. The fraction of sp³-hybridized carbons (Fsp3) is 0.550. The largest absolute Gasteiger partial charge is 0.480 e. The molecule has 0 aromatic heterocycles. The van der Waals surface area contributed by atoms with Crippen LogP contribution in [0.2, 0.25) is 0 Å². The molecule has 1 aliphatic heterocycles. The van der Waals surface area contributed by atoms with Gasteiger partial charge in [0.15, 0.2) is 0 Å². The minimum Gasteiger partial charge on any atom is -0.480 e. The number of nitrogens with zero attached hydrogens (tertiary/aromatic N) is 2. The molecule has 1 unspecified atom stereocenters. The number of carbonyl (C=O) groups excluding carboxylic acids is 2. The van der Waals surface area contributed by atoms with Gasteiger partial charge in [0.25, 0.3) is 0 Å². The van der Waals surface area contributed by atoms with Gasteiger partial charge in [-0.3, -0.25) is 14.4 Å². The molecular formula is C20H25FN2O4. The molecule has 1 aliphatic carbocycles. The Kier molecular flexibility index (Phi) is 5.48. The predicted octanol–water partition coefficient (Wildman–Crippen LogP) is 2.17. The van der Waals surface area contributed by atoms with E-state index in [2.05, 4.69) is 0 Å². The lowest BCUT2D eigenvalue weighted by Gasteiger charge is -2.29. The normalized spacial score (nSPS) is 21.3. The van der Waals surface area contributed by atoms with E-state index in [1.807, 2.05) is 0 Å². The van der Waals surface area contributed by atoms with Crippen molar-refractivity contribution in [3.63, 3.8) is 0 Å². The van der Waals surface area contributed by atoms with Crippen LogP contribution in [0.5, 0.6) is 0 Å². The van der Waals surface area contributed by atoms with Gasteiger partial charge in [-0.1, -0.05) is 18.2 Å². The highest BCUT2D eigenvalue weighted by molar-refractivity contribution is 5.91. The molecule has 1 saturated carbocycles. The highest BCUT2D eigenvalue weighted by Gasteiger charge is 2.54. The summed E-state index contributed by atoms with van der Waals surface area (Å²) in [4.78, 5) is 39.2. The number of carboxylic acid groups (broad SMARTS) is 1. The summed E-state index contributed by atoms with van der Waals surface area (Å²) >= 11 is 0. The van der Waals surface area contributed by atoms with Gasteiger partial charge >= 0.3 is 5.97 Å². The minimum atomic E-state index is -1.04. The van der Waals surface area contributed by atoms with E-state index in [1.165, 1.54) is 17.9 Å². The van der Waals surface area contributed by atoms with Gasteiger partial charge in [-0.05, 0) is 38.2 Å². The second-order valence-corrected chi connectivity index (χ2v) is 7.48. The van der Waals surface area contributed by atoms with Crippen LogP contribution in [-0.4, -0.2) is 58.4 Å². The number of benzene rings is 1. The first-order valence-electron chi connectivity index (χ1n) is 9.38. The van der Waals surface area contributed by atoms with E-state index in [4.69, 9.17) is 5.11 Å². The summed E-state index contributed by atoms with van der Waals surface area (Å²) in [7, 11) is 0. The Morgan fingerprint density at radius 3 is 2.52 bits per heavy atom. The van der Waals surface area contributed by atoms with E-state index in [0.717, 1.165) is 0 Å². The van der Waals surface area contributed by atoms with Crippen LogP contribution >= 0.6 is 0 Å². The summed E-state index contributed by atoms with van der Waals surface area (Å²) in [6, 6.07) is 6.25. The molecule has 2 fully saturated rings. The number of hydrogen-bond acceptors (Lipinski definition) is 3. The molecule has 146 valence electrons. The molecule has 0 bridgehead atoms. The zero-order valence-corrected chi connectivity index (χ0v) is 15.5. The zero-order chi connectivity index (χ0) is 19.6. The SMILES string of the molecule is CC(=O)N(CC(=O)O)C1CCCN(C(=O)C2(c3ccccc3F)CC2)CC1. The van der Waals surface area contributed by atoms with Crippen LogP contribution in [-0.2, 0) is 19.8 Å². The van der Waals surface area contributed by atoms with Crippen molar-refractivity contribution < 1.29 is 23.9 Å². The maximum atomic E-state index is 14.2. The number of carbonyl (C=O) groups is 3. The Balaban J connectivity index is 1.71. The standard InChI is InChI=1S/C20H25FN2O4/c1-14(24)23(13-18(25)26)15-5-4-11-22(12-8-15)19(27)20(9-10-20)16-6-2-3-7-17(16)21/h2-3,6-7,15H,4-5,8-13H2,1H3,(H,25,26). The van der Waals surface area contributed by atoms with Crippen molar-refractivity contribution in [2.75, 3.05) is 19.6 Å². The Hall–Kier alpha value is -2.44. The average molecular weight is 376 g/mol. The van der Waals surface area contributed by atoms with Crippen LogP contribution in [0.1, 0.15) is 44.6 Å². The average Bonchev–Trinajstić information content (AvgIpc) is 3.44. The molecule has 3 rings (SSSR count). The van der Waals surface area contributed by atoms with E-state index in [9.17, 15) is 18.8 Å². The molecule has 1 N–H and O–H groups in total. The minimum absolute atomic E-state index is 0.0548. The van der Waals surface area contributed by atoms with Gasteiger partial charge in [0.2, 0.25) is 11.8 Å². The van der Waals surface area contributed by atoms with Crippen molar-refractivity contribution >= 4 is 17.8 Å². The van der Waals surface area contributed by atoms with Crippen molar-refractivity contribution in [2.45, 2.75) is 50.5 Å². The molecule has 27 heavy (non-hydrogen) atoms. The lowest BCUT2D eigenvalue weighted by Crippen LogP contribution is -2.44. The maximum Gasteiger partial charge on any atom is 0.323 e. The van der Waals surface area contributed by atoms with Gasteiger partial charge in [-0.25, -0.2) is 4.39 Å². The topological polar surface area (TPSA) is 77.9 Å². The van der Waals surface area contributed by atoms with Crippen LogP contribution in [0.15, 0.2) is 24.3 Å². The molecule has 1 atom stereocenters. The zero-order valence-electron chi connectivity index (χ0n) is 15.5. The molecule has 0 spiro atoms. The van der Waals surface area contributed by atoms with Crippen molar-refractivity contribution in [3.05, 3.63) is 35.6 Å². The van der Waals surface area contributed by atoms with Gasteiger partial charge in [-0.2, -0.15) is 0 Å². The van der Waals surface area contributed by atoms with Crippen molar-refractivity contribution in [1.29, 1.82) is 0 Å². The summed E-state index contributed by atoms with van der Waals surface area (Å²) in [5.74, 6) is -1.72. The fourth-order valence-electron chi connectivity index (χ4n) is 4.11. The number of halogens is 1. The number of rotatable bonds is 5. The maximum absolute atomic E-state index is 14.2. The van der Waals surface area contributed by atoms with Crippen LogP contribution in [0.25, 0.3) is 0 Å². The van der Waals surface area contributed by atoms with Crippen molar-refractivity contribution in [2.24, 2.45) is 0 Å². The van der Waals surface area contributed by atoms with E-state index >= 15 is 0 Å². The Morgan fingerprint density at radius 2 is 1.93 bits per heavy atom. The highest BCUT2D eigenvalue weighted by atomic mass is 19.1. The molecule has 2 amide bonds. The summed E-state index contributed by atoms with van der Waals surface area (Å²) in [6.07, 6.45) is 3.17. The van der Waals surface area contributed by atoms with Crippen LogP contribution in [0.3, 0.4) is 0 Å². The summed E-state index contributed by atoms with van der Waals surface area (Å²) < 4.78 is 14.2. The third-order valence-electron chi connectivity index (χ3n) is 5.68. The number of hydrogen-bond donors (Lipinski definition) is 1. The molecule has 1 saturated heterocycles. The lowest BCUT2D eigenvalue weighted by atomic mass is 9.93. The molecule has 7 heteroatoms. The third kappa shape index (κ3) is 3.96. The number of aliphatic carboxylic acids is 1. The molecular weight excluding hydrogens is 351 g/mol. The van der Waals surface area contributed by atoms with Crippen LogP contribution in [0, 0.1) is 5.82 Å². The number of carboxylic acids is 1. The second kappa shape index (κ2) is 7.66. The highest BCUT2D eigenvalue weighted by Crippen LogP contribution is 2.50. The first kappa shape index (κ1) is 19.3. The van der Waals surface area contributed by atoms with Crippen molar-refractivity contribution in [3.8, 4) is 0 Å². The lowest BCUT2D eigenvalue weighted by molar-refractivity contribution is -0.145. The summed E-state index contributed by atoms with van der Waals surface area (Å²) in [5.41, 5.74) is -0.293. The van der Waals surface area contributed by atoms with E-state index in [-0.39, 0.29) is 30.2 Å². The monoisotopic (exact) mass is 376 g/mol. The van der Waals surface area contributed by atoms with Crippen LogP contribution in [0.4, 0.5) is 4.39 Å². The van der Waals surface area contributed by atoms with Gasteiger partial charge in [0.05, 0.1) is 5.41 Å². The molecule has 6 nitrogen and oxygen atoms in total. The van der Waals surface area contributed by atoms with E-state index in [1.54, 1.807) is 23.1 Å².